The zero-order valence-electron chi connectivity index (χ0n) is 20.5. The van der Waals surface area contributed by atoms with E-state index in [0.717, 1.165) is 65.9 Å². The molecule has 182 valence electrons. The lowest BCUT2D eigenvalue weighted by Gasteiger charge is -2.46. The molecule has 3 atom stereocenters. The monoisotopic (exact) mass is 472 g/mol. The van der Waals surface area contributed by atoms with Crippen LogP contribution in [0.5, 0.6) is 5.75 Å². The van der Waals surface area contributed by atoms with Crippen molar-refractivity contribution < 1.29 is 14.6 Å². The standard InChI is InChI=1S/C28H32N4O3/c1-18-17-32(28(33)19(2)35-18)22-11-13-31(14-12-22)25-16-30-26-23(5-4-6-24(26)27(25)34-3)21-9-7-20(15-29)8-10-21/h4-10,16,18-19,22,28,33H,11-14,17H2,1-3H3. The number of hydrogen-bond acceptors (Lipinski definition) is 7. The first-order valence-electron chi connectivity index (χ1n) is 12.3. The highest BCUT2D eigenvalue weighted by molar-refractivity contribution is 5.99. The van der Waals surface area contributed by atoms with E-state index in [1.807, 2.05) is 43.5 Å². The molecule has 7 heteroatoms. The van der Waals surface area contributed by atoms with Crippen LogP contribution in [0.15, 0.2) is 48.7 Å². The molecule has 2 fully saturated rings. The number of ether oxygens (including phenoxy) is 2. The average molecular weight is 473 g/mol. The molecule has 2 aliphatic rings. The number of anilines is 1. The van der Waals surface area contributed by atoms with Crippen LogP contribution in [0.2, 0.25) is 0 Å². The quantitative estimate of drug-likeness (QED) is 0.610. The van der Waals surface area contributed by atoms with E-state index in [2.05, 4.69) is 34.9 Å². The van der Waals surface area contributed by atoms with Gasteiger partial charge in [0.2, 0.25) is 0 Å². The number of fused-ring (bicyclic) bond motifs is 1. The third-order valence-corrected chi connectivity index (χ3v) is 7.31. The van der Waals surface area contributed by atoms with Gasteiger partial charge < -0.3 is 19.5 Å². The summed E-state index contributed by atoms with van der Waals surface area (Å²) >= 11 is 0. The predicted molar refractivity (Wildman–Crippen MR) is 136 cm³/mol. The van der Waals surface area contributed by atoms with Gasteiger partial charge in [-0.3, -0.25) is 9.88 Å². The first kappa shape index (κ1) is 23.6. The summed E-state index contributed by atoms with van der Waals surface area (Å²) in [4.78, 5) is 9.43. The molecule has 0 amide bonds. The van der Waals surface area contributed by atoms with Crippen molar-refractivity contribution in [3.8, 4) is 22.9 Å². The molecule has 3 unspecified atom stereocenters. The van der Waals surface area contributed by atoms with Gasteiger partial charge in [0.25, 0.3) is 0 Å². The van der Waals surface area contributed by atoms with Crippen molar-refractivity contribution in [3.63, 3.8) is 0 Å². The molecule has 0 spiro atoms. The Hall–Kier alpha value is -3.18. The summed E-state index contributed by atoms with van der Waals surface area (Å²) < 4.78 is 11.7. The number of benzene rings is 2. The lowest BCUT2D eigenvalue weighted by atomic mass is 9.98. The first-order valence-corrected chi connectivity index (χ1v) is 12.3. The minimum atomic E-state index is -0.555. The number of methoxy groups -OCH3 is 1. The molecular weight excluding hydrogens is 440 g/mol. The summed E-state index contributed by atoms with van der Waals surface area (Å²) in [6.45, 7) is 6.52. The second-order valence-corrected chi connectivity index (χ2v) is 9.55. The van der Waals surface area contributed by atoms with Crippen LogP contribution in [0.4, 0.5) is 5.69 Å². The van der Waals surface area contributed by atoms with E-state index < -0.39 is 6.23 Å². The summed E-state index contributed by atoms with van der Waals surface area (Å²) in [5.41, 5.74) is 4.55. The number of nitrogens with zero attached hydrogens (tertiary/aromatic N) is 4. The fraction of sp³-hybridized carbons (Fsp3) is 0.429. The first-order chi connectivity index (χ1) is 17.0. The van der Waals surface area contributed by atoms with Gasteiger partial charge in [-0.15, -0.1) is 0 Å². The van der Waals surface area contributed by atoms with E-state index >= 15 is 0 Å². The van der Waals surface area contributed by atoms with Crippen molar-refractivity contribution >= 4 is 16.6 Å². The Morgan fingerprint density at radius 1 is 1.11 bits per heavy atom. The number of aliphatic hydroxyl groups excluding tert-OH is 1. The largest absolute Gasteiger partial charge is 0.494 e. The Bertz CT molecular complexity index is 1230. The Kier molecular flexibility index (Phi) is 6.61. The molecule has 1 aromatic heterocycles. The van der Waals surface area contributed by atoms with Crippen LogP contribution in [0, 0.1) is 11.3 Å². The van der Waals surface area contributed by atoms with Crippen LogP contribution < -0.4 is 9.64 Å². The maximum Gasteiger partial charge on any atom is 0.153 e. The van der Waals surface area contributed by atoms with E-state index in [1.165, 1.54) is 0 Å². The summed E-state index contributed by atoms with van der Waals surface area (Å²) in [5.74, 6) is 0.831. The molecule has 2 aliphatic heterocycles. The maximum atomic E-state index is 10.7. The van der Waals surface area contributed by atoms with Crippen molar-refractivity contribution in [1.29, 1.82) is 5.26 Å². The molecule has 5 rings (SSSR count). The minimum absolute atomic E-state index is 0.126. The van der Waals surface area contributed by atoms with Gasteiger partial charge in [0.05, 0.1) is 48.4 Å². The summed E-state index contributed by atoms with van der Waals surface area (Å²) in [5, 5.41) is 20.8. The maximum absolute atomic E-state index is 10.7. The van der Waals surface area contributed by atoms with Crippen molar-refractivity contribution in [1.82, 2.24) is 9.88 Å². The zero-order chi connectivity index (χ0) is 24.5. The SMILES string of the molecule is COc1c(N2CCC(N3CC(C)OC(C)C3O)CC2)cnc2c(-c3ccc(C#N)cc3)cccc12. The van der Waals surface area contributed by atoms with Gasteiger partial charge in [-0.2, -0.15) is 5.26 Å². The van der Waals surface area contributed by atoms with E-state index in [9.17, 15) is 5.11 Å². The van der Waals surface area contributed by atoms with Crippen molar-refractivity contribution in [2.24, 2.45) is 0 Å². The number of piperidine rings is 1. The highest BCUT2D eigenvalue weighted by Crippen LogP contribution is 2.39. The molecule has 3 aromatic rings. The van der Waals surface area contributed by atoms with Crippen molar-refractivity contribution in [2.45, 2.75) is 51.2 Å². The Labute approximate surface area is 206 Å². The second kappa shape index (κ2) is 9.82. The molecule has 2 saturated heterocycles. The van der Waals surface area contributed by atoms with Crippen molar-refractivity contribution in [2.75, 3.05) is 31.6 Å². The van der Waals surface area contributed by atoms with Crippen LogP contribution >= 0.6 is 0 Å². The lowest BCUT2D eigenvalue weighted by Crippen LogP contribution is -2.58. The molecule has 0 aliphatic carbocycles. The van der Waals surface area contributed by atoms with Crippen LogP contribution in [0.25, 0.3) is 22.0 Å². The predicted octanol–water partition coefficient (Wildman–Crippen LogP) is 4.18. The van der Waals surface area contributed by atoms with Crippen LogP contribution in [-0.2, 0) is 4.74 Å². The number of nitriles is 1. The number of rotatable bonds is 4. The third-order valence-electron chi connectivity index (χ3n) is 7.31. The highest BCUT2D eigenvalue weighted by Gasteiger charge is 2.37. The molecule has 0 saturated carbocycles. The molecule has 2 aromatic carbocycles. The third kappa shape index (κ3) is 4.45. The fourth-order valence-corrected chi connectivity index (χ4v) is 5.54. The Morgan fingerprint density at radius 2 is 1.86 bits per heavy atom. The topological polar surface area (TPSA) is 81.8 Å². The van der Waals surface area contributed by atoms with Crippen LogP contribution in [-0.4, -0.2) is 66.2 Å². The molecule has 0 bridgehead atoms. The molecule has 0 radical (unpaired) electrons. The molecular formula is C28H32N4O3. The normalized spacial score (nSPS) is 23.9. The summed E-state index contributed by atoms with van der Waals surface area (Å²) in [7, 11) is 1.71. The summed E-state index contributed by atoms with van der Waals surface area (Å²) in [6, 6.07) is 16.2. The smallest absolute Gasteiger partial charge is 0.153 e. The van der Waals surface area contributed by atoms with Gasteiger partial charge in [0, 0.05) is 36.6 Å². The summed E-state index contributed by atoms with van der Waals surface area (Å²) in [6.07, 6.45) is 3.24. The van der Waals surface area contributed by atoms with Gasteiger partial charge in [-0.05, 0) is 50.5 Å². The average Bonchev–Trinajstić information content (AvgIpc) is 2.90. The molecule has 1 N–H and O–H groups in total. The van der Waals surface area contributed by atoms with Gasteiger partial charge in [-0.25, -0.2) is 0 Å². The van der Waals surface area contributed by atoms with E-state index in [1.54, 1.807) is 7.11 Å². The number of aromatic nitrogens is 1. The van der Waals surface area contributed by atoms with Gasteiger partial charge in [0.1, 0.15) is 6.23 Å². The van der Waals surface area contributed by atoms with E-state index in [-0.39, 0.29) is 12.2 Å². The van der Waals surface area contributed by atoms with Crippen LogP contribution in [0.3, 0.4) is 0 Å². The minimum Gasteiger partial charge on any atom is -0.494 e. The Morgan fingerprint density at radius 3 is 2.54 bits per heavy atom. The molecule has 3 heterocycles. The Balaban J connectivity index is 1.40. The van der Waals surface area contributed by atoms with Gasteiger partial charge in [-0.1, -0.05) is 24.3 Å². The number of hydrogen-bond donors (Lipinski definition) is 1. The number of pyridine rings is 1. The van der Waals surface area contributed by atoms with Gasteiger partial charge in [0.15, 0.2) is 5.75 Å². The molecule has 35 heavy (non-hydrogen) atoms. The number of aliphatic hydroxyl groups is 1. The lowest BCUT2D eigenvalue weighted by molar-refractivity contribution is -0.190. The molecule has 7 nitrogen and oxygen atoms in total. The second-order valence-electron chi connectivity index (χ2n) is 9.55. The zero-order valence-corrected chi connectivity index (χ0v) is 20.5. The van der Waals surface area contributed by atoms with Gasteiger partial charge >= 0.3 is 0 Å². The number of morpholine rings is 1. The fourth-order valence-electron chi connectivity index (χ4n) is 5.54. The van der Waals surface area contributed by atoms with E-state index in [4.69, 9.17) is 19.7 Å². The number of para-hydroxylation sites is 1. The van der Waals surface area contributed by atoms with Crippen LogP contribution in [0.1, 0.15) is 32.3 Å². The van der Waals surface area contributed by atoms with E-state index in [0.29, 0.717) is 11.6 Å². The van der Waals surface area contributed by atoms with Crippen molar-refractivity contribution in [3.05, 3.63) is 54.2 Å². The highest BCUT2D eigenvalue weighted by atomic mass is 16.5.